The van der Waals surface area contributed by atoms with Gasteiger partial charge < -0.3 is 10.6 Å². The van der Waals surface area contributed by atoms with Crippen LogP contribution in [0.5, 0.6) is 0 Å². The van der Waals surface area contributed by atoms with Crippen LogP contribution in [0, 0.1) is 5.82 Å². The van der Waals surface area contributed by atoms with Crippen LogP contribution < -0.4 is 10.6 Å². The fourth-order valence-corrected chi connectivity index (χ4v) is 1.78. The number of anilines is 3. The van der Waals surface area contributed by atoms with Crippen LogP contribution in [0.15, 0.2) is 24.4 Å². The predicted molar refractivity (Wildman–Crippen MR) is 75.9 cm³/mol. The van der Waals surface area contributed by atoms with Crippen LogP contribution in [0.1, 0.15) is 6.92 Å². The minimum absolute atomic E-state index is 0.132. The van der Waals surface area contributed by atoms with Crippen LogP contribution >= 0.6 is 23.2 Å². The molecule has 2 N–H and O–H groups in total. The van der Waals surface area contributed by atoms with E-state index in [1.54, 1.807) is 6.07 Å². The lowest BCUT2D eigenvalue weighted by Crippen LogP contribution is -2.05. The molecule has 7 heteroatoms. The molecule has 0 bridgehead atoms. The fourth-order valence-electron chi connectivity index (χ4n) is 1.43. The molecule has 1 aromatic heterocycles. The van der Waals surface area contributed by atoms with Crippen molar-refractivity contribution >= 4 is 40.7 Å². The van der Waals surface area contributed by atoms with Crippen LogP contribution in [-0.2, 0) is 0 Å². The van der Waals surface area contributed by atoms with Crippen LogP contribution in [0.2, 0.25) is 10.0 Å². The molecular weight excluding hydrogens is 290 g/mol. The van der Waals surface area contributed by atoms with E-state index in [2.05, 4.69) is 20.6 Å². The SMILES string of the molecule is CCNc1ncc(Cl)c(Nc2c(F)cccc2Cl)n1. The second kappa shape index (κ2) is 6.04. The Labute approximate surface area is 120 Å². The molecule has 0 spiro atoms. The second-order valence-corrected chi connectivity index (χ2v) is 4.46. The lowest BCUT2D eigenvalue weighted by molar-refractivity contribution is 0.632. The number of hydrogen-bond acceptors (Lipinski definition) is 4. The van der Waals surface area contributed by atoms with Crippen LogP contribution in [0.4, 0.5) is 21.8 Å². The third-order valence-corrected chi connectivity index (χ3v) is 2.88. The van der Waals surface area contributed by atoms with Crippen molar-refractivity contribution in [3.63, 3.8) is 0 Å². The van der Waals surface area contributed by atoms with E-state index in [4.69, 9.17) is 23.2 Å². The number of halogens is 3. The molecule has 0 atom stereocenters. The van der Waals surface area contributed by atoms with Crippen molar-refractivity contribution in [2.75, 3.05) is 17.2 Å². The average molecular weight is 301 g/mol. The third kappa shape index (κ3) is 3.24. The molecule has 1 aromatic carbocycles. The van der Waals surface area contributed by atoms with Crippen molar-refractivity contribution < 1.29 is 4.39 Å². The van der Waals surface area contributed by atoms with Crippen molar-refractivity contribution in [2.24, 2.45) is 0 Å². The normalized spacial score (nSPS) is 10.3. The zero-order chi connectivity index (χ0) is 13.8. The van der Waals surface area contributed by atoms with Crippen LogP contribution in [-0.4, -0.2) is 16.5 Å². The van der Waals surface area contributed by atoms with Crippen molar-refractivity contribution in [3.8, 4) is 0 Å². The molecule has 4 nitrogen and oxygen atoms in total. The Hall–Kier alpha value is -1.59. The zero-order valence-electron chi connectivity index (χ0n) is 10.0. The first kappa shape index (κ1) is 13.8. The Kier molecular flexibility index (Phi) is 4.39. The minimum atomic E-state index is -0.479. The van der Waals surface area contributed by atoms with Crippen LogP contribution in [0.3, 0.4) is 0 Å². The summed E-state index contributed by atoms with van der Waals surface area (Å²) in [4.78, 5) is 8.14. The first-order valence-corrected chi connectivity index (χ1v) is 6.35. The highest BCUT2D eigenvalue weighted by atomic mass is 35.5. The van der Waals surface area contributed by atoms with E-state index < -0.39 is 5.82 Å². The Bertz CT molecular complexity index is 572. The number of nitrogens with zero attached hydrogens (tertiary/aromatic N) is 2. The average Bonchev–Trinajstić information content (AvgIpc) is 2.38. The van der Waals surface area contributed by atoms with Gasteiger partial charge in [-0.05, 0) is 19.1 Å². The van der Waals surface area contributed by atoms with E-state index in [1.807, 2.05) is 6.92 Å². The smallest absolute Gasteiger partial charge is 0.224 e. The summed E-state index contributed by atoms with van der Waals surface area (Å²) in [7, 11) is 0. The fraction of sp³-hybridized carbons (Fsp3) is 0.167. The van der Waals surface area contributed by atoms with Gasteiger partial charge >= 0.3 is 0 Å². The number of aromatic nitrogens is 2. The van der Waals surface area contributed by atoms with E-state index in [0.717, 1.165) is 0 Å². The number of hydrogen-bond donors (Lipinski definition) is 2. The lowest BCUT2D eigenvalue weighted by Gasteiger charge is -2.11. The van der Waals surface area contributed by atoms with Crippen molar-refractivity contribution in [1.29, 1.82) is 0 Å². The van der Waals surface area contributed by atoms with Gasteiger partial charge in [0.15, 0.2) is 5.82 Å². The van der Waals surface area contributed by atoms with Gasteiger partial charge in [0.1, 0.15) is 10.8 Å². The van der Waals surface area contributed by atoms with E-state index in [1.165, 1.54) is 18.3 Å². The van der Waals surface area contributed by atoms with Gasteiger partial charge in [0, 0.05) is 6.54 Å². The molecule has 19 heavy (non-hydrogen) atoms. The highest BCUT2D eigenvalue weighted by Gasteiger charge is 2.11. The molecule has 0 fully saturated rings. The first-order valence-electron chi connectivity index (χ1n) is 5.59. The summed E-state index contributed by atoms with van der Waals surface area (Å²) in [6.45, 7) is 2.58. The van der Waals surface area contributed by atoms with Crippen molar-refractivity contribution in [2.45, 2.75) is 6.92 Å². The molecule has 0 saturated heterocycles. The largest absolute Gasteiger partial charge is 0.354 e. The molecule has 0 aliphatic carbocycles. The third-order valence-electron chi connectivity index (χ3n) is 2.29. The van der Waals surface area contributed by atoms with E-state index in [-0.39, 0.29) is 15.7 Å². The summed E-state index contributed by atoms with van der Waals surface area (Å²) in [5, 5.41) is 6.25. The van der Waals surface area contributed by atoms with E-state index >= 15 is 0 Å². The molecule has 0 unspecified atom stereocenters. The summed E-state index contributed by atoms with van der Waals surface area (Å²) in [6.07, 6.45) is 1.43. The van der Waals surface area contributed by atoms with Gasteiger partial charge in [0.2, 0.25) is 5.95 Å². The zero-order valence-corrected chi connectivity index (χ0v) is 11.6. The molecule has 1 heterocycles. The molecule has 0 amide bonds. The summed E-state index contributed by atoms with van der Waals surface area (Å²) in [5.74, 6) is 0.216. The maximum Gasteiger partial charge on any atom is 0.224 e. The number of benzene rings is 1. The number of nitrogens with one attached hydrogen (secondary N) is 2. The Morgan fingerprint density at radius 2 is 2.05 bits per heavy atom. The quantitative estimate of drug-likeness (QED) is 0.892. The van der Waals surface area contributed by atoms with Crippen LogP contribution in [0.25, 0.3) is 0 Å². The molecule has 0 saturated carbocycles. The molecule has 0 aliphatic rings. The molecule has 2 aromatic rings. The maximum absolute atomic E-state index is 13.7. The monoisotopic (exact) mass is 300 g/mol. The standard InChI is InChI=1S/C12H11Cl2FN4/c1-2-16-12-17-6-8(14)11(19-12)18-10-7(13)4-3-5-9(10)15/h3-6H,2H2,1H3,(H2,16,17,18,19). The summed E-state index contributed by atoms with van der Waals surface area (Å²) in [6, 6.07) is 4.40. The predicted octanol–water partition coefficient (Wildman–Crippen LogP) is 4.10. The molecule has 2 rings (SSSR count). The molecule has 100 valence electrons. The molecule has 0 aliphatic heterocycles. The number of para-hydroxylation sites is 1. The maximum atomic E-state index is 13.7. The molecule has 0 radical (unpaired) electrons. The van der Waals surface area contributed by atoms with Gasteiger partial charge in [-0.25, -0.2) is 9.37 Å². The Balaban J connectivity index is 2.35. The van der Waals surface area contributed by atoms with Gasteiger partial charge in [-0.3, -0.25) is 0 Å². The Morgan fingerprint density at radius 3 is 2.74 bits per heavy atom. The lowest BCUT2D eigenvalue weighted by atomic mass is 10.3. The summed E-state index contributed by atoms with van der Waals surface area (Å²) < 4.78 is 13.7. The minimum Gasteiger partial charge on any atom is -0.354 e. The topological polar surface area (TPSA) is 49.8 Å². The van der Waals surface area contributed by atoms with Crippen molar-refractivity contribution in [3.05, 3.63) is 40.3 Å². The first-order chi connectivity index (χ1) is 9.11. The number of rotatable bonds is 4. The van der Waals surface area contributed by atoms with Crippen molar-refractivity contribution in [1.82, 2.24) is 9.97 Å². The highest BCUT2D eigenvalue weighted by molar-refractivity contribution is 6.34. The van der Waals surface area contributed by atoms with E-state index in [0.29, 0.717) is 18.3 Å². The van der Waals surface area contributed by atoms with Gasteiger partial charge in [0.05, 0.1) is 16.9 Å². The summed E-state index contributed by atoms with van der Waals surface area (Å²) >= 11 is 11.9. The highest BCUT2D eigenvalue weighted by Crippen LogP contribution is 2.30. The van der Waals surface area contributed by atoms with Gasteiger partial charge in [0.25, 0.3) is 0 Å². The van der Waals surface area contributed by atoms with Gasteiger partial charge in [-0.15, -0.1) is 0 Å². The van der Waals surface area contributed by atoms with Gasteiger partial charge in [-0.1, -0.05) is 29.3 Å². The second-order valence-electron chi connectivity index (χ2n) is 3.64. The van der Waals surface area contributed by atoms with E-state index in [9.17, 15) is 4.39 Å². The summed E-state index contributed by atoms with van der Waals surface area (Å²) in [5.41, 5.74) is 0.132. The van der Waals surface area contributed by atoms with Gasteiger partial charge in [-0.2, -0.15) is 4.98 Å². The Morgan fingerprint density at radius 1 is 1.26 bits per heavy atom. The molecular formula is C12H11Cl2FN4.